The van der Waals surface area contributed by atoms with Gasteiger partial charge in [0.15, 0.2) is 0 Å². The number of halogens is 3. The molecule has 5 aromatic carbocycles. The van der Waals surface area contributed by atoms with Crippen LogP contribution in [0.5, 0.6) is 5.75 Å². The third kappa shape index (κ3) is 10.2. The Bertz CT molecular complexity index is 2290. The van der Waals surface area contributed by atoms with Crippen molar-refractivity contribution in [3.05, 3.63) is 91.0 Å². The minimum atomic E-state index is -3.89. The first-order valence-corrected chi connectivity index (χ1v) is 20.4. The molecule has 16 heteroatoms. The molecule has 0 saturated carbocycles. The van der Waals surface area contributed by atoms with Gasteiger partial charge in [0, 0.05) is 93.8 Å². The van der Waals surface area contributed by atoms with Crippen LogP contribution in [0.1, 0.15) is 12.8 Å². The van der Waals surface area contributed by atoms with Gasteiger partial charge in [0.05, 0.1) is 28.3 Å². The summed E-state index contributed by atoms with van der Waals surface area (Å²) in [4.78, 5) is 9.07. The maximum atomic E-state index is 13.7. The highest BCUT2D eigenvalue weighted by Crippen LogP contribution is 2.35. The number of fused-ring (bicyclic) bond motifs is 2. The topological polar surface area (TPSA) is 115 Å². The van der Waals surface area contributed by atoms with Crippen LogP contribution in [-0.2, 0) is 20.0 Å². The summed E-state index contributed by atoms with van der Waals surface area (Å²) in [5.74, 6) is 0.675. The first-order valence-electron chi connectivity index (χ1n) is 17.5. The van der Waals surface area contributed by atoms with Crippen LogP contribution in [-0.4, -0.2) is 96.3 Å². The van der Waals surface area contributed by atoms with E-state index < -0.39 is 20.0 Å². The summed E-state index contributed by atoms with van der Waals surface area (Å²) in [6.45, 7) is 4.34. The van der Waals surface area contributed by atoms with Crippen LogP contribution < -0.4 is 28.9 Å². The number of benzene rings is 5. The highest BCUT2D eigenvalue weighted by Gasteiger charge is 2.23. The smallest absolute Gasteiger partial charge is 0.262 e. The number of sulfonamides is 2. The molecule has 2 N–H and O–H groups in total. The molecule has 0 amide bonds. The first kappa shape index (κ1) is 45.7. The second-order valence-corrected chi connectivity index (χ2v) is 16.9. The molecule has 1 fully saturated rings. The van der Waals surface area contributed by atoms with Gasteiger partial charge in [0.1, 0.15) is 5.75 Å². The molecule has 1 heterocycles. The van der Waals surface area contributed by atoms with Crippen molar-refractivity contribution in [2.24, 2.45) is 0 Å². The Labute approximate surface area is 344 Å². The molecule has 1 aliphatic heterocycles. The van der Waals surface area contributed by atoms with Gasteiger partial charge in [-0.3, -0.25) is 9.62 Å². The Morgan fingerprint density at radius 2 is 1.15 bits per heavy atom. The fourth-order valence-electron chi connectivity index (χ4n) is 6.95. The lowest BCUT2D eigenvalue weighted by Gasteiger charge is -2.36. The standard InChI is InChI=1S/C39H48N6O5S2.3ClH/c1-42(2)34-16-8-14-32-30(34)12-10-18-38(32)51(46,47)40-22-6-7-23-44-24-26-45(27-25-44)36-28-29(20-21-37(36)50-5)41-52(48,49)39-19-11-13-31-33(39)15-9-17-35(31)43(3)4;;;/h8-21,28,40-41H,6-7,22-27H2,1-5H3;3*1H. The van der Waals surface area contributed by atoms with Crippen molar-refractivity contribution in [3.8, 4) is 5.75 Å². The molecular weight excluding hydrogens is 803 g/mol. The number of hydrogen-bond donors (Lipinski definition) is 2. The lowest BCUT2D eigenvalue weighted by atomic mass is 10.1. The van der Waals surface area contributed by atoms with Crippen LogP contribution in [0.2, 0.25) is 0 Å². The van der Waals surface area contributed by atoms with E-state index in [4.69, 9.17) is 4.74 Å². The highest BCUT2D eigenvalue weighted by atomic mass is 35.5. The first-order chi connectivity index (χ1) is 24.9. The van der Waals surface area contributed by atoms with Crippen LogP contribution in [0, 0.1) is 0 Å². The monoisotopic (exact) mass is 852 g/mol. The van der Waals surface area contributed by atoms with E-state index in [2.05, 4.69) is 19.2 Å². The molecular formula is C39H51Cl3N6O5S2. The zero-order valence-corrected chi connectivity index (χ0v) is 35.8. The second kappa shape index (κ2) is 19.4. The quantitative estimate of drug-likeness (QED) is 0.113. The van der Waals surface area contributed by atoms with Gasteiger partial charge in [-0.15, -0.1) is 37.2 Å². The average molecular weight is 854 g/mol. The molecule has 6 rings (SSSR count). The third-order valence-electron chi connectivity index (χ3n) is 9.60. The van der Waals surface area contributed by atoms with Crippen molar-refractivity contribution < 1.29 is 21.6 Å². The fourth-order valence-corrected chi connectivity index (χ4v) is 9.51. The molecule has 55 heavy (non-hydrogen) atoms. The number of rotatable bonds is 14. The maximum absolute atomic E-state index is 13.7. The lowest BCUT2D eigenvalue weighted by Crippen LogP contribution is -2.46. The molecule has 0 bridgehead atoms. The van der Waals surface area contributed by atoms with E-state index in [1.54, 1.807) is 43.5 Å². The number of nitrogens with one attached hydrogen (secondary N) is 2. The summed E-state index contributed by atoms with van der Waals surface area (Å²) < 4.78 is 65.3. The number of hydrogen-bond acceptors (Lipinski definition) is 9. The third-order valence-corrected chi connectivity index (χ3v) is 12.6. The van der Waals surface area contributed by atoms with Crippen molar-refractivity contribution in [3.63, 3.8) is 0 Å². The van der Waals surface area contributed by atoms with E-state index in [-0.39, 0.29) is 42.1 Å². The zero-order valence-electron chi connectivity index (χ0n) is 31.7. The highest BCUT2D eigenvalue weighted by molar-refractivity contribution is 7.93. The van der Waals surface area contributed by atoms with E-state index in [1.807, 2.05) is 92.6 Å². The molecule has 0 atom stereocenters. The Morgan fingerprint density at radius 1 is 0.636 bits per heavy atom. The van der Waals surface area contributed by atoms with Crippen molar-refractivity contribution in [2.45, 2.75) is 22.6 Å². The summed E-state index contributed by atoms with van der Waals surface area (Å²) in [7, 11) is 1.83. The van der Waals surface area contributed by atoms with Gasteiger partial charge < -0.3 is 19.4 Å². The number of unbranched alkanes of at least 4 members (excludes halogenated alkanes) is 1. The molecule has 0 radical (unpaired) electrons. The number of methoxy groups -OCH3 is 1. The summed E-state index contributed by atoms with van der Waals surface area (Å²) >= 11 is 0. The second-order valence-electron chi connectivity index (χ2n) is 13.5. The van der Waals surface area contributed by atoms with E-state index in [0.29, 0.717) is 33.6 Å². The van der Waals surface area contributed by atoms with Gasteiger partial charge in [-0.2, -0.15) is 0 Å². The molecule has 5 aromatic rings. The fraction of sp³-hybridized carbons (Fsp3) is 0.333. The summed E-state index contributed by atoms with van der Waals surface area (Å²) in [5.41, 5.74) is 3.21. The molecule has 0 unspecified atom stereocenters. The van der Waals surface area contributed by atoms with Crippen LogP contribution in [0.3, 0.4) is 0 Å². The lowest BCUT2D eigenvalue weighted by molar-refractivity contribution is 0.252. The normalized spacial score (nSPS) is 13.4. The molecule has 11 nitrogen and oxygen atoms in total. The van der Waals surface area contributed by atoms with Gasteiger partial charge >= 0.3 is 0 Å². The Balaban J connectivity index is 0.00000271. The molecule has 300 valence electrons. The molecule has 1 aliphatic rings. The van der Waals surface area contributed by atoms with E-state index in [1.165, 1.54) is 0 Å². The van der Waals surface area contributed by atoms with E-state index in [0.717, 1.165) is 73.4 Å². The maximum Gasteiger partial charge on any atom is 0.262 e. The van der Waals surface area contributed by atoms with Crippen molar-refractivity contribution in [1.29, 1.82) is 0 Å². The number of nitrogens with zero attached hydrogens (tertiary/aromatic N) is 4. The van der Waals surface area contributed by atoms with Gasteiger partial charge in [-0.05, 0) is 61.9 Å². The zero-order chi connectivity index (χ0) is 37.0. The van der Waals surface area contributed by atoms with Gasteiger partial charge in [0.2, 0.25) is 10.0 Å². The summed E-state index contributed by atoms with van der Waals surface area (Å²) in [6.07, 6.45) is 1.57. The Kier molecular flexibility index (Phi) is 16.2. The summed E-state index contributed by atoms with van der Waals surface area (Å²) in [6, 6.07) is 27.5. The van der Waals surface area contributed by atoms with Crippen LogP contribution in [0.4, 0.5) is 22.7 Å². The predicted octanol–water partition coefficient (Wildman–Crippen LogP) is 7.08. The molecule has 0 aliphatic carbocycles. The van der Waals surface area contributed by atoms with Gasteiger partial charge in [-0.1, -0.05) is 48.5 Å². The van der Waals surface area contributed by atoms with Crippen LogP contribution >= 0.6 is 37.2 Å². The van der Waals surface area contributed by atoms with E-state index >= 15 is 0 Å². The minimum Gasteiger partial charge on any atom is -0.495 e. The van der Waals surface area contributed by atoms with Gasteiger partial charge in [0.25, 0.3) is 10.0 Å². The molecule has 1 saturated heterocycles. The molecule has 0 spiro atoms. The van der Waals surface area contributed by atoms with Crippen LogP contribution in [0.15, 0.2) is 101 Å². The number of piperazine rings is 1. The number of ether oxygens (including phenoxy) is 1. The van der Waals surface area contributed by atoms with Gasteiger partial charge in [-0.25, -0.2) is 21.6 Å². The average Bonchev–Trinajstić information content (AvgIpc) is 3.13. The Hall–Kier alpha value is -3.69. The predicted molar refractivity (Wildman–Crippen MR) is 235 cm³/mol. The minimum absolute atomic E-state index is 0. The largest absolute Gasteiger partial charge is 0.495 e. The van der Waals surface area contributed by atoms with Crippen LogP contribution in [0.25, 0.3) is 21.5 Å². The van der Waals surface area contributed by atoms with Crippen molar-refractivity contribution in [1.82, 2.24) is 9.62 Å². The Morgan fingerprint density at radius 3 is 1.67 bits per heavy atom. The van der Waals surface area contributed by atoms with E-state index in [9.17, 15) is 16.8 Å². The summed E-state index contributed by atoms with van der Waals surface area (Å²) in [5, 5.41) is 3.14. The molecule has 0 aromatic heterocycles. The van der Waals surface area contributed by atoms with Crippen molar-refractivity contribution in [2.75, 3.05) is 94.0 Å². The van der Waals surface area contributed by atoms with Crippen molar-refractivity contribution >= 4 is 102 Å². The SMILES string of the molecule is COc1ccc(NS(=O)(=O)c2cccc3c(N(C)C)cccc23)cc1N1CCN(CCCCNS(=O)(=O)c2cccc3c(N(C)C)cccc23)CC1.Cl.Cl.Cl. The number of anilines is 4.